The van der Waals surface area contributed by atoms with Crippen LogP contribution in [-0.4, -0.2) is 23.3 Å². The van der Waals surface area contributed by atoms with Gasteiger partial charge in [-0.25, -0.2) is 0 Å². The van der Waals surface area contributed by atoms with Crippen LogP contribution in [0.4, 0.5) is 0 Å². The molecule has 158 valence electrons. The van der Waals surface area contributed by atoms with Gasteiger partial charge in [0.05, 0.1) is 6.42 Å². The lowest BCUT2D eigenvalue weighted by Gasteiger charge is -2.31. The van der Waals surface area contributed by atoms with Crippen LogP contribution >= 0.6 is 11.6 Å². The standard InChI is InChI=1S/C26H25ClN2O2/c1-2-17-28-26(31)25(22-11-7-4-8-12-22)29(19-21-13-15-23(27)16-14-21)24(30)18-20-9-5-3-6-10-20/h2-16,25H,1,17-19H2,(H,28,31). The van der Waals surface area contributed by atoms with Gasteiger partial charge in [0.1, 0.15) is 6.04 Å². The van der Waals surface area contributed by atoms with E-state index in [-0.39, 0.29) is 24.8 Å². The predicted molar refractivity (Wildman–Crippen MR) is 125 cm³/mol. The summed E-state index contributed by atoms with van der Waals surface area (Å²) in [4.78, 5) is 28.3. The zero-order valence-electron chi connectivity index (χ0n) is 17.2. The lowest BCUT2D eigenvalue weighted by Crippen LogP contribution is -2.44. The first-order valence-corrected chi connectivity index (χ1v) is 10.5. The molecule has 0 aliphatic heterocycles. The molecule has 3 aromatic carbocycles. The van der Waals surface area contributed by atoms with Gasteiger partial charge in [-0.1, -0.05) is 90.5 Å². The molecule has 2 amide bonds. The first-order valence-electron chi connectivity index (χ1n) is 10.1. The summed E-state index contributed by atoms with van der Waals surface area (Å²) < 4.78 is 0. The average Bonchev–Trinajstić information content (AvgIpc) is 2.80. The van der Waals surface area contributed by atoms with Gasteiger partial charge in [-0.2, -0.15) is 0 Å². The highest BCUT2D eigenvalue weighted by Crippen LogP contribution is 2.25. The smallest absolute Gasteiger partial charge is 0.247 e. The molecule has 0 bridgehead atoms. The number of carbonyl (C=O) groups is 2. The normalized spacial score (nSPS) is 11.4. The summed E-state index contributed by atoms with van der Waals surface area (Å²) in [7, 11) is 0. The van der Waals surface area contributed by atoms with Gasteiger partial charge in [0.25, 0.3) is 0 Å². The Hall–Kier alpha value is -3.37. The van der Waals surface area contributed by atoms with E-state index in [4.69, 9.17) is 11.6 Å². The molecule has 0 heterocycles. The minimum absolute atomic E-state index is 0.135. The Labute approximate surface area is 188 Å². The van der Waals surface area contributed by atoms with Crippen molar-refractivity contribution in [2.45, 2.75) is 19.0 Å². The number of rotatable bonds is 9. The molecule has 0 saturated carbocycles. The van der Waals surface area contributed by atoms with Gasteiger partial charge in [0.2, 0.25) is 11.8 Å². The molecule has 0 aliphatic carbocycles. The van der Waals surface area contributed by atoms with Crippen molar-refractivity contribution >= 4 is 23.4 Å². The van der Waals surface area contributed by atoms with Crippen LogP contribution < -0.4 is 5.32 Å². The van der Waals surface area contributed by atoms with Crippen molar-refractivity contribution in [2.24, 2.45) is 0 Å². The van der Waals surface area contributed by atoms with Crippen LogP contribution in [0.2, 0.25) is 5.02 Å². The third-order valence-electron chi connectivity index (χ3n) is 4.88. The van der Waals surface area contributed by atoms with Crippen molar-refractivity contribution in [1.29, 1.82) is 0 Å². The molecule has 5 heteroatoms. The number of hydrogen-bond acceptors (Lipinski definition) is 2. The minimum Gasteiger partial charge on any atom is -0.351 e. The number of nitrogens with one attached hydrogen (secondary N) is 1. The Balaban J connectivity index is 1.98. The Morgan fingerprint density at radius 1 is 0.903 bits per heavy atom. The fourth-order valence-corrected chi connectivity index (χ4v) is 3.49. The van der Waals surface area contributed by atoms with E-state index in [1.165, 1.54) is 0 Å². The summed E-state index contributed by atoms with van der Waals surface area (Å²) in [6.45, 7) is 4.27. The maximum Gasteiger partial charge on any atom is 0.247 e. The molecular formula is C26H25ClN2O2. The Morgan fingerprint density at radius 2 is 1.52 bits per heavy atom. The molecule has 0 saturated heterocycles. The van der Waals surface area contributed by atoms with Gasteiger partial charge in [-0.3, -0.25) is 9.59 Å². The molecule has 31 heavy (non-hydrogen) atoms. The van der Waals surface area contributed by atoms with E-state index in [9.17, 15) is 9.59 Å². The Morgan fingerprint density at radius 3 is 2.13 bits per heavy atom. The van der Waals surface area contributed by atoms with Gasteiger partial charge in [0.15, 0.2) is 0 Å². The van der Waals surface area contributed by atoms with Gasteiger partial charge in [-0.05, 0) is 28.8 Å². The van der Waals surface area contributed by atoms with Crippen LogP contribution in [0.1, 0.15) is 22.7 Å². The second kappa shape index (κ2) is 11.1. The average molecular weight is 433 g/mol. The summed E-state index contributed by atoms with van der Waals surface area (Å²) in [6.07, 6.45) is 1.82. The maximum absolute atomic E-state index is 13.5. The summed E-state index contributed by atoms with van der Waals surface area (Å²) in [5.74, 6) is -0.384. The van der Waals surface area contributed by atoms with Crippen LogP contribution in [0.5, 0.6) is 0 Å². The number of halogens is 1. The second-order valence-corrected chi connectivity index (χ2v) is 7.59. The molecule has 0 aromatic heterocycles. The largest absolute Gasteiger partial charge is 0.351 e. The van der Waals surface area contributed by atoms with Crippen LogP contribution in [0.25, 0.3) is 0 Å². The van der Waals surface area contributed by atoms with Crippen molar-refractivity contribution in [3.63, 3.8) is 0 Å². The first-order chi connectivity index (χ1) is 15.1. The maximum atomic E-state index is 13.5. The fraction of sp³-hybridized carbons (Fsp3) is 0.154. The SMILES string of the molecule is C=CCNC(=O)C(c1ccccc1)N(Cc1ccc(Cl)cc1)C(=O)Cc1ccccc1. The zero-order chi connectivity index (χ0) is 22.1. The fourth-order valence-electron chi connectivity index (χ4n) is 3.36. The highest BCUT2D eigenvalue weighted by atomic mass is 35.5. The highest BCUT2D eigenvalue weighted by molar-refractivity contribution is 6.30. The zero-order valence-corrected chi connectivity index (χ0v) is 18.0. The van der Waals surface area contributed by atoms with Crippen molar-refractivity contribution < 1.29 is 9.59 Å². The lowest BCUT2D eigenvalue weighted by molar-refractivity contribution is -0.141. The minimum atomic E-state index is -0.770. The molecule has 0 radical (unpaired) electrons. The molecule has 4 nitrogen and oxygen atoms in total. The first kappa shape index (κ1) is 22.3. The predicted octanol–water partition coefficient (Wildman–Crippen LogP) is 4.95. The molecule has 1 atom stereocenters. The molecule has 3 aromatic rings. The van der Waals surface area contributed by atoms with Crippen LogP contribution in [-0.2, 0) is 22.6 Å². The third-order valence-corrected chi connectivity index (χ3v) is 5.13. The summed E-state index contributed by atoms with van der Waals surface area (Å²) in [5, 5.41) is 3.47. The van der Waals surface area contributed by atoms with E-state index in [1.54, 1.807) is 23.1 Å². The molecule has 0 aliphatic rings. The highest BCUT2D eigenvalue weighted by Gasteiger charge is 2.31. The van der Waals surface area contributed by atoms with Crippen molar-refractivity contribution in [2.75, 3.05) is 6.54 Å². The molecule has 3 rings (SSSR count). The molecule has 0 fully saturated rings. The molecule has 1 N–H and O–H groups in total. The number of hydrogen-bond donors (Lipinski definition) is 1. The van der Waals surface area contributed by atoms with E-state index in [2.05, 4.69) is 11.9 Å². The van der Waals surface area contributed by atoms with Crippen LogP contribution in [0, 0.1) is 0 Å². The number of nitrogens with zero attached hydrogens (tertiary/aromatic N) is 1. The number of benzene rings is 3. The van der Waals surface area contributed by atoms with Gasteiger partial charge in [-0.15, -0.1) is 6.58 Å². The van der Waals surface area contributed by atoms with Gasteiger partial charge in [0, 0.05) is 18.1 Å². The summed E-state index contributed by atoms with van der Waals surface area (Å²) in [6, 6.07) is 25.4. The Kier molecular flexibility index (Phi) is 8.02. The van der Waals surface area contributed by atoms with E-state index in [0.29, 0.717) is 11.6 Å². The lowest BCUT2D eigenvalue weighted by atomic mass is 10.0. The summed E-state index contributed by atoms with van der Waals surface area (Å²) >= 11 is 6.03. The molecule has 1 unspecified atom stereocenters. The van der Waals surface area contributed by atoms with Crippen molar-refractivity contribution in [3.05, 3.63) is 119 Å². The quantitative estimate of drug-likeness (QED) is 0.486. The van der Waals surface area contributed by atoms with Gasteiger partial charge < -0.3 is 10.2 Å². The number of amides is 2. The van der Waals surface area contributed by atoms with E-state index >= 15 is 0 Å². The van der Waals surface area contributed by atoms with E-state index < -0.39 is 6.04 Å². The summed E-state index contributed by atoms with van der Waals surface area (Å²) in [5.41, 5.74) is 2.54. The van der Waals surface area contributed by atoms with E-state index in [1.807, 2.05) is 72.8 Å². The topological polar surface area (TPSA) is 49.4 Å². The molecular weight excluding hydrogens is 408 g/mol. The van der Waals surface area contributed by atoms with Gasteiger partial charge >= 0.3 is 0 Å². The van der Waals surface area contributed by atoms with Crippen LogP contribution in [0.3, 0.4) is 0 Å². The van der Waals surface area contributed by atoms with Crippen molar-refractivity contribution in [3.8, 4) is 0 Å². The molecule has 0 spiro atoms. The third kappa shape index (κ3) is 6.30. The van der Waals surface area contributed by atoms with E-state index in [0.717, 1.165) is 16.7 Å². The van der Waals surface area contributed by atoms with Crippen LogP contribution in [0.15, 0.2) is 97.6 Å². The second-order valence-electron chi connectivity index (χ2n) is 7.16. The van der Waals surface area contributed by atoms with Crippen molar-refractivity contribution in [1.82, 2.24) is 10.2 Å². The Bertz CT molecular complexity index is 1000. The monoisotopic (exact) mass is 432 g/mol. The number of carbonyl (C=O) groups excluding carboxylic acids is 2.